The molecule has 0 bridgehead atoms. The Balaban J connectivity index is 2.22. The van der Waals surface area contributed by atoms with E-state index in [4.69, 9.17) is 9.47 Å². The van der Waals surface area contributed by atoms with Gasteiger partial charge in [0.1, 0.15) is 5.82 Å². The van der Waals surface area contributed by atoms with Gasteiger partial charge in [-0.15, -0.1) is 10.2 Å². The molecule has 2 aromatic heterocycles. The summed E-state index contributed by atoms with van der Waals surface area (Å²) >= 11 is 0. The minimum Gasteiger partial charge on any atom is -0.493 e. The summed E-state index contributed by atoms with van der Waals surface area (Å²) in [5, 5.41) is 7.98. The monoisotopic (exact) mass is 270 g/mol. The van der Waals surface area contributed by atoms with Gasteiger partial charge in [0.25, 0.3) is 5.78 Å². The molecule has 0 spiro atoms. The molecule has 0 fully saturated rings. The largest absolute Gasteiger partial charge is 0.493 e. The first-order chi connectivity index (χ1) is 9.74. The van der Waals surface area contributed by atoms with Gasteiger partial charge in [-0.2, -0.15) is 0 Å². The van der Waals surface area contributed by atoms with Crippen molar-refractivity contribution in [2.24, 2.45) is 0 Å². The zero-order valence-electron chi connectivity index (χ0n) is 11.5. The fourth-order valence-corrected chi connectivity index (χ4v) is 2.15. The summed E-state index contributed by atoms with van der Waals surface area (Å²) in [6.07, 6.45) is 3.69. The second-order valence-electron chi connectivity index (χ2n) is 4.30. The van der Waals surface area contributed by atoms with Crippen LogP contribution in [0.2, 0.25) is 0 Å². The van der Waals surface area contributed by atoms with Gasteiger partial charge in [-0.1, -0.05) is 12.1 Å². The zero-order chi connectivity index (χ0) is 14.1. The van der Waals surface area contributed by atoms with E-state index in [1.807, 2.05) is 35.7 Å². The van der Waals surface area contributed by atoms with Crippen LogP contribution in [0.3, 0.4) is 0 Å². The topological polar surface area (TPSA) is 61.5 Å². The SMILES string of the molecule is COc1cccc(-c2cnc3nnc(C)n3c2)c1OC. The third-order valence-electron chi connectivity index (χ3n) is 3.15. The third-order valence-corrected chi connectivity index (χ3v) is 3.15. The lowest BCUT2D eigenvalue weighted by atomic mass is 10.1. The second kappa shape index (κ2) is 4.80. The Labute approximate surface area is 116 Å². The molecule has 3 aromatic rings. The molecular formula is C14H14N4O2. The minimum atomic E-state index is 0.577. The number of hydrogen-bond acceptors (Lipinski definition) is 5. The van der Waals surface area contributed by atoms with Crippen molar-refractivity contribution in [1.29, 1.82) is 0 Å². The molecule has 0 N–H and O–H groups in total. The quantitative estimate of drug-likeness (QED) is 0.729. The number of methoxy groups -OCH3 is 2. The number of aromatic nitrogens is 4. The number of rotatable bonds is 3. The van der Waals surface area contributed by atoms with E-state index >= 15 is 0 Å². The predicted octanol–water partition coefficient (Wildman–Crippen LogP) is 2.12. The van der Waals surface area contributed by atoms with Crippen LogP contribution in [0, 0.1) is 6.92 Å². The average Bonchev–Trinajstić information content (AvgIpc) is 2.87. The van der Waals surface area contributed by atoms with E-state index < -0.39 is 0 Å². The van der Waals surface area contributed by atoms with Crippen LogP contribution in [-0.2, 0) is 0 Å². The minimum absolute atomic E-state index is 0.577. The van der Waals surface area contributed by atoms with Gasteiger partial charge < -0.3 is 9.47 Å². The molecule has 0 saturated heterocycles. The van der Waals surface area contributed by atoms with Crippen molar-refractivity contribution in [1.82, 2.24) is 19.6 Å². The molecule has 0 radical (unpaired) electrons. The molecule has 3 rings (SSSR count). The Hall–Kier alpha value is -2.63. The highest BCUT2D eigenvalue weighted by Crippen LogP contribution is 2.37. The van der Waals surface area contributed by atoms with Gasteiger partial charge in [-0.3, -0.25) is 4.40 Å². The number of para-hydroxylation sites is 1. The molecule has 0 atom stereocenters. The average molecular weight is 270 g/mol. The number of ether oxygens (including phenoxy) is 2. The van der Waals surface area contributed by atoms with E-state index in [0.717, 1.165) is 17.0 Å². The molecule has 0 aliphatic heterocycles. The Morgan fingerprint density at radius 1 is 1.10 bits per heavy atom. The van der Waals surface area contributed by atoms with Crippen molar-refractivity contribution in [3.05, 3.63) is 36.4 Å². The Kier molecular flexibility index (Phi) is 2.98. The van der Waals surface area contributed by atoms with Crippen molar-refractivity contribution in [3.8, 4) is 22.6 Å². The van der Waals surface area contributed by atoms with Gasteiger partial charge in [0.15, 0.2) is 11.5 Å². The molecule has 102 valence electrons. The van der Waals surface area contributed by atoms with Gasteiger partial charge >= 0.3 is 0 Å². The van der Waals surface area contributed by atoms with E-state index in [9.17, 15) is 0 Å². The number of hydrogen-bond donors (Lipinski definition) is 0. The fourth-order valence-electron chi connectivity index (χ4n) is 2.15. The summed E-state index contributed by atoms with van der Waals surface area (Å²) < 4.78 is 12.6. The van der Waals surface area contributed by atoms with Crippen LogP contribution in [0.15, 0.2) is 30.6 Å². The van der Waals surface area contributed by atoms with Gasteiger partial charge in [-0.05, 0) is 13.0 Å². The molecular weight excluding hydrogens is 256 g/mol. The smallest absolute Gasteiger partial charge is 0.254 e. The van der Waals surface area contributed by atoms with E-state index in [1.165, 1.54) is 0 Å². The number of nitrogens with zero attached hydrogens (tertiary/aromatic N) is 4. The molecule has 0 saturated carbocycles. The summed E-state index contributed by atoms with van der Waals surface area (Å²) in [6, 6.07) is 5.74. The number of fused-ring (bicyclic) bond motifs is 1. The molecule has 2 heterocycles. The van der Waals surface area contributed by atoms with Crippen LogP contribution in [0.4, 0.5) is 0 Å². The van der Waals surface area contributed by atoms with Crippen LogP contribution in [0.5, 0.6) is 11.5 Å². The summed E-state index contributed by atoms with van der Waals surface area (Å²) in [4.78, 5) is 4.30. The Morgan fingerprint density at radius 2 is 1.95 bits per heavy atom. The molecule has 1 aromatic carbocycles. The highest BCUT2D eigenvalue weighted by Gasteiger charge is 2.13. The van der Waals surface area contributed by atoms with Crippen molar-refractivity contribution in [3.63, 3.8) is 0 Å². The molecule has 0 unspecified atom stereocenters. The highest BCUT2D eigenvalue weighted by atomic mass is 16.5. The molecule has 6 heteroatoms. The number of aryl methyl sites for hydroxylation is 1. The lowest BCUT2D eigenvalue weighted by Crippen LogP contribution is -1.96. The van der Waals surface area contributed by atoms with Gasteiger partial charge in [-0.25, -0.2) is 4.98 Å². The molecule has 6 nitrogen and oxygen atoms in total. The first-order valence-corrected chi connectivity index (χ1v) is 6.13. The van der Waals surface area contributed by atoms with Crippen LogP contribution in [0.25, 0.3) is 16.9 Å². The highest BCUT2D eigenvalue weighted by molar-refractivity contribution is 5.73. The van der Waals surface area contributed by atoms with Crippen molar-refractivity contribution < 1.29 is 9.47 Å². The summed E-state index contributed by atoms with van der Waals surface area (Å²) in [5.41, 5.74) is 1.82. The predicted molar refractivity (Wildman–Crippen MR) is 74.1 cm³/mol. The van der Waals surface area contributed by atoms with Gasteiger partial charge in [0, 0.05) is 23.5 Å². The third kappa shape index (κ3) is 1.85. The van der Waals surface area contributed by atoms with Crippen LogP contribution >= 0.6 is 0 Å². The van der Waals surface area contributed by atoms with Crippen molar-refractivity contribution >= 4 is 5.78 Å². The molecule has 0 aliphatic rings. The fraction of sp³-hybridized carbons (Fsp3) is 0.214. The van der Waals surface area contributed by atoms with E-state index in [-0.39, 0.29) is 0 Å². The van der Waals surface area contributed by atoms with E-state index in [0.29, 0.717) is 17.3 Å². The van der Waals surface area contributed by atoms with Crippen LogP contribution < -0.4 is 9.47 Å². The zero-order valence-corrected chi connectivity index (χ0v) is 11.5. The molecule has 0 aliphatic carbocycles. The van der Waals surface area contributed by atoms with Crippen molar-refractivity contribution in [2.75, 3.05) is 14.2 Å². The first-order valence-electron chi connectivity index (χ1n) is 6.13. The first kappa shape index (κ1) is 12.4. The Morgan fingerprint density at radius 3 is 2.70 bits per heavy atom. The maximum absolute atomic E-state index is 5.45. The second-order valence-corrected chi connectivity index (χ2v) is 4.30. The Bertz CT molecular complexity index is 767. The standard InChI is InChI=1S/C14H14N4O2/c1-9-16-17-14-15-7-10(8-18(9)14)11-5-4-6-12(19-2)13(11)20-3/h4-8H,1-3H3. The normalized spacial score (nSPS) is 10.8. The maximum atomic E-state index is 5.45. The maximum Gasteiger partial charge on any atom is 0.254 e. The number of benzene rings is 1. The lowest BCUT2D eigenvalue weighted by molar-refractivity contribution is 0.356. The summed E-state index contributed by atoms with van der Waals surface area (Å²) in [7, 11) is 3.24. The molecule has 0 amide bonds. The van der Waals surface area contributed by atoms with E-state index in [1.54, 1.807) is 20.4 Å². The van der Waals surface area contributed by atoms with E-state index in [2.05, 4.69) is 15.2 Å². The summed E-state index contributed by atoms with van der Waals surface area (Å²) in [5.74, 6) is 2.73. The molecule has 20 heavy (non-hydrogen) atoms. The lowest BCUT2D eigenvalue weighted by Gasteiger charge is -2.12. The van der Waals surface area contributed by atoms with Gasteiger partial charge in [0.05, 0.1) is 14.2 Å². The van der Waals surface area contributed by atoms with Gasteiger partial charge in [0.2, 0.25) is 0 Å². The van der Waals surface area contributed by atoms with Crippen LogP contribution in [-0.4, -0.2) is 33.8 Å². The van der Waals surface area contributed by atoms with Crippen molar-refractivity contribution in [2.45, 2.75) is 6.92 Å². The van der Waals surface area contributed by atoms with Crippen LogP contribution in [0.1, 0.15) is 5.82 Å². The summed E-state index contributed by atoms with van der Waals surface area (Å²) in [6.45, 7) is 1.88.